The first-order valence-electron chi connectivity index (χ1n) is 7.62. The lowest BCUT2D eigenvalue weighted by Gasteiger charge is -2.19. The van der Waals surface area contributed by atoms with Crippen molar-refractivity contribution in [3.63, 3.8) is 0 Å². The molecule has 2 aromatic heterocycles. The second kappa shape index (κ2) is 5.52. The highest BCUT2D eigenvalue weighted by Crippen LogP contribution is 2.32. The highest BCUT2D eigenvalue weighted by molar-refractivity contribution is 6.12. The Morgan fingerprint density at radius 1 is 1.21 bits per heavy atom. The summed E-state index contributed by atoms with van der Waals surface area (Å²) in [5.41, 5.74) is 2.64. The molecule has 4 rings (SSSR count). The Morgan fingerprint density at radius 2 is 2.00 bits per heavy atom. The molecule has 7 heteroatoms. The van der Waals surface area contributed by atoms with Crippen LogP contribution in [0.1, 0.15) is 16.1 Å². The summed E-state index contributed by atoms with van der Waals surface area (Å²) in [6, 6.07) is 7.11. The van der Waals surface area contributed by atoms with E-state index in [0.29, 0.717) is 41.6 Å². The zero-order valence-electron chi connectivity index (χ0n) is 13.4. The quantitative estimate of drug-likeness (QED) is 0.782. The molecule has 0 saturated heterocycles. The van der Waals surface area contributed by atoms with E-state index in [-0.39, 0.29) is 5.91 Å². The number of benzene rings is 1. The third-order valence-corrected chi connectivity index (χ3v) is 3.88. The van der Waals surface area contributed by atoms with Gasteiger partial charge in [-0.25, -0.2) is 4.98 Å². The van der Waals surface area contributed by atoms with Crippen LogP contribution in [0.15, 0.2) is 30.5 Å². The molecule has 0 spiro atoms. The number of nitrogens with one attached hydrogen (secondary N) is 1. The Hall–Kier alpha value is -3.09. The van der Waals surface area contributed by atoms with E-state index >= 15 is 0 Å². The summed E-state index contributed by atoms with van der Waals surface area (Å²) in [6.07, 6.45) is 1.65. The van der Waals surface area contributed by atoms with Crippen LogP contribution >= 0.6 is 0 Å². The fraction of sp³-hybridized carbons (Fsp3) is 0.235. The minimum atomic E-state index is -0.213. The molecule has 0 radical (unpaired) electrons. The second-order valence-electron chi connectivity index (χ2n) is 5.63. The molecule has 0 saturated carbocycles. The number of aryl methyl sites for hydroxylation is 2. The van der Waals surface area contributed by atoms with Crippen molar-refractivity contribution in [2.24, 2.45) is 7.05 Å². The van der Waals surface area contributed by atoms with Crippen molar-refractivity contribution in [1.82, 2.24) is 14.8 Å². The van der Waals surface area contributed by atoms with Gasteiger partial charge in [0.15, 0.2) is 17.1 Å². The zero-order chi connectivity index (χ0) is 16.7. The van der Waals surface area contributed by atoms with Gasteiger partial charge < -0.3 is 14.8 Å². The molecule has 0 unspecified atom stereocenters. The molecule has 122 valence electrons. The van der Waals surface area contributed by atoms with Crippen LogP contribution in [0.4, 0.5) is 5.69 Å². The monoisotopic (exact) mass is 324 g/mol. The average molecular weight is 324 g/mol. The Labute approximate surface area is 138 Å². The van der Waals surface area contributed by atoms with E-state index < -0.39 is 0 Å². The zero-order valence-corrected chi connectivity index (χ0v) is 13.4. The van der Waals surface area contributed by atoms with Crippen molar-refractivity contribution in [1.29, 1.82) is 0 Å². The number of anilines is 1. The smallest absolute Gasteiger partial charge is 0.256 e. The maximum Gasteiger partial charge on any atom is 0.256 e. The molecule has 0 bridgehead atoms. The minimum Gasteiger partial charge on any atom is -0.486 e. The molecule has 3 aromatic rings. The molecule has 1 amide bonds. The van der Waals surface area contributed by atoms with Crippen LogP contribution in [0.25, 0.3) is 11.0 Å². The number of aromatic nitrogens is 3. The maximum atomic E-state index is 12.7. The highest BCUT2D eigenvalue weighted by Gasteiger charge is 2.17. The fourth-order valence-electron chi connectivity index (χ4n) is 2.75. The van der Waals surface area contributed by atoms with Crippen LogP contribution in [0.5, 0.6) is 11.5 Å². The van der Waals surface area contributed by atoms with Crippen molar-refractivity contribution < 1.29 is 14.3 Å². The number of carbonyl (C=O) groups is 1. The molecule has 0 atom stereocenters. The van der Waals surface area contributed by atoms with Gasteiger partial charge in [0.05, 0.1) is 17.1 Å². The second-order valence-corrected chi connectivity index (χ2v) is 5.63. The van der Waals surface area contributed by atoms with Crippen molar-refractivity contribution in [3.05, 3.63) is 41.7 Å². The van der Waals surface area contributed by atoms with Gasteiger partial charge in [0, 0.05) is 24.5 Å². The third kappa shape index (κ3) is 2.44. The molecule has 1 aliphatic heterocycles. The summed E-state index contributed by atoms with van der Waals surface area (Å²) < 4.78 is 12.7. The predicted octanol–water partition coefficient (Wildman–Crippen LogP) is 2.30. The van der Waals surface area contributed by atoms with Crippen LogP contribution in [0.3, 0.4) is 0 Å². The first kappa shape index (κ1) is 14.5. The lowest BCUT2D eigenvalue weighted by Crippen LogP contribution is -2.16. The Balaban J connectivity index is 1.67. The number of rotatable bonds is 2. The largest absolute Gasteiger partial charge is 0.486 e. The topological polar surface area (TPSA) is 78.3 Å². The summed E-state index contributed by atoms with van der Waals surface area (Å²) in [6.45, 7) is 2.89. The third-order valence-electron chi connectivity index (χ3n) is 3.88. The predicted molar refractivity (Wildman–Crippen MR) is 88.6 cm³/mol. The molecule has 1 aromatic carbocycles. The highest BCUT2D eigenvalue weighted by atomic mass is 16.6. The summed E-state index contributed by atoms with van der Waals surface area (Å²) in [7, 11) is 1.80. The molecule has 0 fully saturated rings. The fourth-order valence-corrected chi connectivity index (χ4v) is 2.75. The molecular weight excluding hydrogens is 308 g/mol. The molecular formula is C17H16N4O3. The van der Waals surface area contributed by atoms with Gasteiger partial charge in [-0.2, -0.15) is 5.10 Å². The van der Waals surface area contributed by atoms with E-state index in [1.54, 1.807) is 42.2 Å². The van der Waals surface area contributed by atoms with E-state index in [1.165, 1.54) is 0 Å². The Bertz CT molecular complexity index is 948. The van der Waals surface area contributed by atoms with Gasteiger partial charge in [-0.05, 0) is 25.1 Å². The van der Waals surface area contributed by atoms with E-state index in [1.807, 2.05) is 6.92 Å². The Morgan fingerprint density at radius 3 is 2.83 bits per heavy atom. The number of carbonyl (C=O) groups excluding carboxylic acids is 1. The molecule has 24 heavy (non-hydrogen) atoms. The number of nitrogens with zero attached hydrogens (tertiary/aromatic N) is 3. The van der Waals surface area contributed by atoms with Crippen LogP contribution in [-0.2, 0) is 7.05 Å². The van der Waals surface area contributed by atoms with Crippen LogP contribution < -0.4 is 14.8 Å². The molecule has 1 aliphatic rings. The van der Waals surface area contributed by atoms with Crippen molar-refractivity contribution in [3.8, 4) is 11.5 Å². The van der Waals surface area contributed by atoms with E-state index in [9.17, 15) is 4.79 Å². The molecule has 0 aliphatic carbocycles. The van der Waals surface area contributed by atoms with Crippen LogP contribution in [-0.4, -0.2) is 33.9 Å². The van der Waals surface area contributed by atoms with Gasteiger partial charge in [-0.3, -0.25) is 9.48 Å². The Kier molecular flexibility index (Phi) is 3.34. The summed E-state index contributed by atoms with van der Waals surface area (Å²) in [4.78, 5) is 17.1. The number of pyridine rings is 1. The minimum absolute atomic E-state index is 0.213. The standard InChI is InChI=1S/C17H16N4O3/c1-10-7-12(13-9-18-21(2)16(13)19-10)17(22)20-11-3-4-14-15(8-11)24-6-5-23-14/h3-4,7-9H,5-6H2,1-2H3,(H,20,22). The first-order valence-corrected chi connectivity index (χ1v) is 7.62. The summed E-state index contributed by atoms with van der Waals surface area (Å²) >= 11 is 0. The van der Waals surface area contributed by atoms with Crippen molar-refractivity contribution >= 4 is 22.6 Å². The molecule has 1 N–H and O–H groups in total. The summed E-state index contributed by atoms with van der Waals surface area (Å²) in [5, 5.41) is 7.80. The lowest BCUT2D eigenvalue weighted by molar-refractivity contribution is 0.102. The number of fused-ring (bicyclic) bond motifs is 2. The number of amides is 1. The molecule has 7 nitrogen and oxygen atoms in total. The van der Waals surface area contributed by atoms with E-state index in [2.05, 4.69) is 15.4 Å². The summed E-state index contributed by atoms with van der Waals surface area (Å²) in [5.74, 6) is 1.11. The van der Waals surface area contributed by atoms with Gasteiger partial charge in [0.1, 0.15) is 13.2 Å². The van der Waals surface area contributed by atoms with Gasteiger partial charge in [-0.1, -0.05) is 0 Å². The van der Waals surface area contributed by atoms with Crippen molar-refractivity contribution in [2.45, 2.75) is 6.92 Å². The van der Waals surface area contributed by atoms with Gasteiger partial charge in [0.25, 0.3) is 5.91 Å². The molecule has 3 heterocycles. The normalized spacial score (nSPS) is 13.1. The van der Waals surface area contributed by atoms with E-state index in [0.717, 1.165) is 11.1 Å². The van der Waals surface area contributed by atoms with Crippen LogP contribution in [0.2, 0.25) is 0 Å². The first-order chi connectivity index (χ1) is 11.6. The van der Waals surface area contributed by atoms with E-state index in [4.69, 9.17) is 9.47 Å². The number of hydrogen-bond acceptors (Lipinski definition) is 5. The van der Waals surface area contributed by atoms with Crippen LogP contribution in [0, 0.1) is 6.92 Å². The number of ether oxygens (including phenoxy) is 2. The lowest BCUT2D eigenvalue weighted by atomic mass is 10.1. The van der Waals surface area contributed by atoms with Gasteiger partial charge in [0.2, 0.25) is 0 Å². The maximum absolute atomic E-state index is 12.7. The van der Waals surface area contributed by atoms with Crippen molar-refractivity contribution in [2.75, 3.05) is 18.5 Å². The van der Waals surface area contributed by atoms with Gasteiger partial charge >= 0.3 is 0 Å². The average Bonchev–Trinajstić information content (AvgIpc) is 2.95. The SMILES string of the molecule is Cc1cc(C(=O)Nc2ccc3c(c2)OCCO3)c2cnn(C)c2n1. The van der Waals surface area contributed by atoms with Gasteiger partial charge in [-0.15, -0.1) is 0 Å². The number of hydrogen-bond donors (Lipinski definition) is 1.